The molecule has 0 aliphatic rings. The Morgan fingerprint density at radius 2 is 2.16 bits per heavy atom. The molecule has 0 bridgehead atoms. The molecule has 3 rings (SSSR count). The number of hydrogen-bond acceptors (Lipinski definition) is 7. The highest BCUT2D eigenvalue weighted by Crippen LogP contribution is 2.25. The first-order valence-corrected chi connectivity index (χ1v) is 10.1. The number of carbonyl (C=O) groups excluding carboxylic acids is 1. The highest BCUT2D eigenvalue weighted by Gasteiger charge is 2.17. The molecule has 6 nitrogen and oxygen atoms in total. The minimum absolute atomic E-state index is 0.00901. The number of rotatable bonds is 5. The van der Waals surface area contributed by atoms with E-state index >= 15 is 0 Å². The molecule has 3 aromatic rings. The first-order valence-electron chi connectivity index (χ1n) is 6.99. The van der Waals surface area contributed by atoms with Gasteiger partial charge in [-0.25, -0.2) is 18.2 Å². The number of ether oxygens (including phenoxy) is 1. The molecule has 0 amide bonds. The number of esters is 1. The molecule has 25 heavy (non-hydrogen) atoms. The fourth-order valence-electron chi connectivity index (χ4n) is 2.00. The Kier molecular flexibility index (Phi) is 4.94. The fourth-order valence-corrected chi connectivity index (χ4v) is 3.49. The third-order valence-electron chi connectivity index (χ3n) is 3.22. The van der Waals surface area contributed by atoms with Crippen molar-refractivity contribution in [3.05, 3.63) is 58.3 Å². The van der Waals surface area contributed by atoms with E-state index in [4.69, 9.17) is 20.8 Å². The summed E-state index contributed by atoms with van der Waals surface area (Å²) in [6, 6.07) is 7.61. The zero-order chi connectivity index (χ0) is 18.0. The maximum absolute atomic E-state index is 12.2. The van der Waals surface area contributed by atoms with Crippen LogP contribution in [0.4, 0.5) is 0 Å². The number of hydrogen-bond donors (Lipinski definition) is 0. The van der Waals surface area contributed by atoms with Gasteiger partial charge < -0.3 is 9.15 Å². The van der Waals surface area contributed by atoms with Crippen molar-refractivity contribution in [3.63, 3.8) is 0 Å². The largest absolute Gasteiger partial charge is 0.455 e. The van der Waals surface area contributed by atoms with Crippen molar-refractivity contribution in [3.8, 4) is 10.8 Å². The first-order chi connectivity index (χ1) is 11.8. The van der Waals surface area contributed by atoms with E-state index in [2.05, 4.69) is 4.98 Å². The van der Waals surface area contributed by atoms with E-state index in [0.717, 1.165) is 11.1 Å². The standard InChI is InChI=1S/C16H12ClNO5S2/c1-25(20,21)11-4-5-13(17)12(7-11)16(19)23-9-10-8-22-15(18-10)14-3-2-6-24-14/h2-8H,9H2,1H3. The van der Waals surface area contributed by atoms with Crippen molar-refractivity contribution in [1.29, 1.82) is 0 Å². The van der Waals surface area contributed by atoms with Crippen molar-refractivity contribution in [2.24, 2.45) is 0 Å². The second-order valence-corrected chi connectivity index (χ2v) is 8.48. The van der Waals surface area contributed by atoms with Crippen LogP contribution in [0.3, 0.4) is 0 Å². The van der Waals surface area contributed by atoms with E-state index in [0.29, 0.717) is 11.6 Å². The van der Waals surface area contributed by atoms with Gasteiger partial charge in [0.15, 0.2) is 9.84 Å². The lowest BCUT2D eigenvalue weighted by molar-refractivity contribution is 0.0467. The zero-order valence-corrected chi connectivity index (χ0v) is 15.3. The fraction of sp³-hybridized carbons (Fsp3) is 0.125. The molecule has 0 aliphatic heterocycles. The van der Waals surface area contributed by atoms with Crippen LogP contribution in [0.2, 0.25) is 5.02 Å². The van der Waals surface area contributed by atoms with Crippen molar-refractivity contribution in [1.82, 2.24) is 4.98 Å². The minimum Gasteiger partial charge on any atom is -0.455 e. The average molecular weight is 398 g/mol. The van der Waals surface area contributed by atoms with E-state index in [1.54, 1.807) is 0 Å². The lowest BCUT2D eigenvalue weighted by atomic mass is 10.2. The summed E-state index contributed by atoms with van der Waals surface area (Å²) in [4.78, 5) is 17.3. The van der Waals surface area contributed by atoms with Crippen molar-refractivity contribution < 1.29 is 22.4 Å². The van der Waals surface area contributed by atoms with Crippen LogP contribution in [0.5, 0.6) is 0 Å². The van der Waals surface area contributed by atoms with Crippen LogP contribution in [0.25, 0.3) is 10.8 Å². The van der Waals surface area contributed by atoms with Crippen molar-refractivity contribution in [2.75, 3.05) is 6.26 Å². The second-order valence-electron chi connectivity index (χ2n) is 5.11. The summed E-state index contributed by atoms with van der Waals surface area (Å²) in [5.41, 5.74) is 0.415. The summed E-state index contributed by atoms with van der Waals surface area (Å²) in [5, 5.41) is 2.01. The summed E-state index contributed by atoms with van der Waals surface area (Å²) in [5.74, 6) is -0.297. The highest BCUT2D eigenvalue weighted by atomic mass is 35.5. The second kappa shape index (κ2) is 6.99. The van der Waals surface area contributed by atoms with Crippen LogP contribution in [0.1, 0.15) is 16.1 Å². The lowest BCUT2D eigenvalue weighted by Crippen LogP contribution is -2.08. The molecule has 0 spiro atoms. The molecule has 2 heterocycles. The molecule has 1 aromatic carbocycles. The Labute approximate surface area is 152 Å². The van der Waals surface area contributed by atoms with Gasteiger partial charge in [0, 0.05) is 6.26 Å². The van der Waals surface area contributed by atoms with Gasteiger partial charge in [-0.3, -0.25) is 0 Å². The maximum atomic E-state index is 12.2. The van der Waals surface area contributed by atoms with Gasteiger partial charge in [0.05, 0.1) is 20.4 Å². The summed E-state index contributed by atoms with van der Waals surface area (Å²) in [6.07, 6.45) is 2.45. The van der Waals surface area contributed by atoms with Crippen molar-refractivity contribution in [2.45, 2.75) is 11.5 Å². The maximum Gasteiger partial charge on any atom is 0.340 e. The predicted octanol–water partition coefficient (Wildman–Crippen LogP) is 3.82. The Balaban J connectivity index is 1.73. The molecular weight excluding hydrogens is 386 g/mol. The highest BCUT2D eigenvalue weighted by molar-refractivity contribution is 7.90. The van der Waals surface area contributed by atoms with Gasteiger partial charge >= 0.3 is 5.97 Å². The Hall–Kier alpha value is -2.16. The molecule has 0 fully saturated rings. The van der Waals surface area contributed by atoms with Crippen LogP contribution in [-0.2, 0) is 21.2 Å². The molecule has 2 aromatic heterocycles. The van der Waals surface area contributed by atoms with Crippen LogP contribution in [-0.4, -0.2) is 25.6 Å². The first kappa shape index (κ1) is 17.7. The van der Waals surface area contributed by atoms with E-state index in [1.165, 1.54) is 35.8 Å². The van der Waals surface area contributed by atoms with Gasteiger partial charge in [0.25, 0.3) is 0 Å². The molecule has 0 saturated heterocycles. The number of halogens is 1. The number of benzene rings is 1. The number of carbonyl (C=O) groups is 1. The molecule has 0 N–H and O–H groups in total. The van der Waals surface area contributed by atoms with Gasteiger partial charge in [0.2, 0.25) is 5.89 Å². The zero-order valence-electron chi connectivity index (χ0n) is 12.9. The van der Waals surface area contributed by atoms with E-state index in [-0.39, 0.29) is 22.1 Å². The quantitative estimate of drug-likeness (QED) is 0.608. The number of sulfone groups is 1. The van der Waals surface area contributed by atoms with Crippen LogP contribution in [0, 0.1) is 0 Å². The van der Waals surface area contributed by atoms with Crippen LogP contribution in [0.15, 0.2) is 51.3 Å². The third kappa shape index (κ3) is 4.09. The molecule has 0 radical (unpaired) electrons. The Morgan fingerprint density at radius 1 is 1.36 bits per heavy atom. The molecule has 0 aliphatic carbocycles. The SMILES string of the molecule is CS(=O)(=O)c1ccc(Cl)c(C(=O)OCc2coc(-c3cccs3)n2)c1. The number of nitrogens with zero attached hydrogens (tertiary/aromatic N) is 1. The van der Waals surface area contributed by atoms with Gasteiger partial charge in [0.1, 0.15) is 18.6 Å². The van der Waals surface area contributed by atoms with Gasteiger partial charge in [-0.2, -0.15) is 0 Å². The minimum atomic E-state index is -3.46. The number of thiophene rings is 1. The summed E-state index contributed by atoms with van der Waals surface area (Å²) >= 11 is 7.44. The molecule has 0 unspecified atom stereocenters. The summed E-state index contributed by atoms with van der Waals surface area (Å²) < 4.78 is 33.7. The summed E-state index contributed by atoms with van der Waals surface area (Å²) in [7, 11) is -3.46. The van der Waals surface area contributed by atoms with E-state index in [9.17, 15) is 13.2 Å². The average Bonchev–Trinajstić information content (AvgIpc) is 3.23. The molecular formula is C16H12ClNO5S2. The monoisotopic (exact) mass is 397 g/mol. The van der Waals surface area contributed by atoms with Gasteiger partial charge in [-0.1, -0.05) is 17.7 Å². The van der Waals surface area contributed by atoms with E-state index in [1.807, 2.05) is 17.5 Å². The van der Waals surface area contributed by atoms with E-state index < -0.39 is 15.8 Å². The predicted molar refractivity (Wildman–Crippen MR) is 93.5 cm³/mol. The van der Waals surface area contributed by atoms with Crippen LogP contribution >= 0.6 is 22.9 Å². The summed E-state index contributed by atoms with van der Waals surface area (Å²) in [6.45, 7) is -0.118. The Bertz CT molecular complexity index is 1010. The topological polar surface area (TPSA) is 86.5 Å². The molecule has 0 atom stereocenters. The van der Waals surface area contributed by atoms with Crippen molar-refractivity contribution >= 4 is 38.7 Å². The third-order valence-corrected chi connectivity index (χ3v) is 5.52. The number of oxazole rings is 1. The number of aromatic nitrogens is 1. The molecule has 9 heteroatoms. The van der Waals surface area contributed by atoms with Gasteiger partial charge in [-0.05, 0) is 29.6 Å². The molecule has 130 valence electrons. The Morgan fingerprint density at radius 3 is 2.84 bits per heavy atom. The smallest absolute Gasteiger partial charge is 0.340 e. The molecule has 0 saturated carbocycles. The van der Waals surface area contributed by atoms with Crippen LogP contribution < -0.4 is 0 Å². The van der Waals surface area contributed by atoms with Gasteiger partial charge in [-0.15, -0.1) is 11.3 Å². The normalized spacial score (nSPS) is 11.4. The lowest BCUT2D eigenvalue weighted by Gasteiger charge is -2.06.